The van der Waals surface area contributed by atoms with Gasteiger partial charge in [-0.2, -0.15) is 0 Å². The van der Waals surface area contributed by atoms with E-state index in [4.69, 9.17) is 10.4 Å². The molecule has 1 aliphatic rings. The molecule has 124 valence electrons. The van der Waals surface area contributed by atoms with Gasteiger partial charge in [-0.1, -0.05) is 0 Å². The van der Waals surface area contributed by atoms with Crippen LogP contribution in [0.15, 0.2) is 0 Å². The molecule has 0 aromatic carbocycles. The van der Waals surface area contributed by atoms with Crippen LogP contribution in [0.5, 0.6) is 0 Å². The van der Waals surface area contributed by atoms with Crippen LogP contribution in [0, 0.1) is 0 Å². The van der Waals surface area contributed by atoms with Crippen LogP contribution in [0.3, 0.4) is 0 Å². The Hall–Kier alpha value is -0.460. The summed E-state index contributed by atoms with van der Waals surface area (Å²) in [6, 6.07) is -0.942. The lowest BCUT2D eigenvalue weighted by Gasteiger charge is -2.45. The number of amides is 1. The van der Waals surface area contributed by atoms with E-state index in [1.54, 1.807) is 0 Å². The monoisotopic (exact) mass is 327 g/mol. The summed E-state index contributed by atoms with van der Waals surface area (Å²) in [5.74, 6) is -0.459. The summed E-state index contributed by atoms with van der Waals surface area (Å²) in [5.41, 5.74) is 0. The summed E-state index contributed by atoms with van der Waals surface area (Å²) in [4.78, 5) is 13.4. The van der Waals surface area contributed by atoms with Crippen molar-refractivity contribution in [3.05, 3.63) is 0 Å². The molecule has 21 heavy (non-hydrogen) atoms. The molecule has 0 aromatic rings. The van der Waals surface area contributed by atoms with Gasteiger partial charge in [0.2, 0.25) is 5.91 Å². The number of nitrogens with one attached hydrogen (secondary N) is 1. The molecule has 2 unspecified atom stereocenters. The maximum absolute atomic E-state index is 11.2. The average molecular weight is 327 g/mol. The molecule has 6 atom stereocenters. The molecular weight excluding hydrogens is 306 g/mol. The molecular formula is C11H21NO8S. The van der Waals surface area contributed by atoms with Crippen LogP contribution < -0.4 is 5.32 Å². The number of rotatable bonds is 6. The molecule has 1 rings (SSSR count). The van der Waals surface area contributed by atoms with Gasteiger partial charge in [-0.25, -0.2) is 4.89 Å². The van der Waals surface area contributed by atoms with E-state index < -0.39 is 53.7 Å². The van der Waals surface area contributed by atoms with Crippen molar-refractivity contribution >= 4 is 17.7 Å². The second-order valence-corrected chi connectivity index (χ2v) is 6.58. The highest BCUT2D eigenvalue weighted by atomic mass is 32.2. The van der Waals surface area contributed by atoms with Gasteiger partial charge in [-0.3, -0.25) is 10.1 Å². The van der Waals surface area contributed by atoms with Crippen molar-refractivity contribution in [1.29, 1.82) is 0 Å². The lowest BCUT2D eigenvalue weighted by atomic mass is 9.95. The fourth-order valence-corrected chi connectivity index (χ4v) is 3.87. The molecule has 1 amide bonds. The number of hydrogen-bond donors (Lipinski definition) is 7. The zero-order valence-electron chi connectivity index (χ0n) is 11.4. The SMILES string of the molecule is CC(=O)N[C@@H]1C(O)C[C@](O)(COO)SC1[C@H](O)[C@H](O)CO. The first kappa shape index (κ1) is 18.6. The molecule has 0 aliphatic carbocycles. The third-order valence-electron chi connectivity index (χ3n) is 3.23. The topological polar surface area (TPSA) is 160 Å². The maximum atomic E-state index is 11.2. The van der Waals surface area contributed by atoms with E-state index >= 15 is 0 Å². The minimum Gasteiger partial charge on any atom is -0.394 e. The minimum absolute atomic E-state index is 0.221. The van der Waals surface area contributed by atoms with Gasteiger partial charge in [-0.15, -0.1) is 11.8 Å². The molecule has 9 nitrogen and oxygen atoms in total. The Labute approximate surface area is 125 Å². The Morgan fingerprint density at radius 1 is 1.52 bits per heavy atom. The number of hydrogen-bond acceptors (Lipinski definition) is 9. The molecule has 1 heterocycles. The van der Waals surface area contributed by atoms with Gasteiger partial charge in [0.1, 0.15) is 17.6 Å². The van der Waals surface area contributed by atoms with Crippen molar-refractivity contribution in [2.24, 2.45) is 0 Å². The summed E-state index contributed by atoms with van der Waals surface area (Å²) in [7, 11) is 0. The summed E-state index contributed by atoms with van der Waals surface area (Å²) >= 11 is 0.739. The fraction of sp³-hybridized carbons (Fsp3) is 0.909. The van der Waals surface area contributed by atoms with Gasteiger partial charge in [0.05, 0.1) is 30.1 Å². The molecule has 0 bridgehead atoms. The lowest BCUT2D eigenvalue weighted by molar-refractivity contribution is -0.263. The van der Waals surface area contributed by atoms with Gasteiger partial charge in [-0.05, 0) is 0 Å². The van der Waals surface area contributed by atoms with Crippen LogP contribution in [0.25, 0.3) is 0 Å². The van der Waals surface area contributed by atoms with E-state index in [0.717, 1.165) is 11.8 Å². The summed E-state index contributed by atoms with van der Waals surface area (Å²) in [5, 5.41) is 58.7. The normalized spacial score (nSPS) is 36.0. The zero-order valence-corrected chi connectivity index (χ0v) is 12.2. The van der Waals surface area contributed by atoms with Crippen molar-refractivity contribution in [3.8, 4) is 0 Å². The van der Waals surface area contributed by atoms with E-state index in [0.29, 0.717) is 0 Å². The van der Waals surface area contributed by atoms with Crippen molar-refractivity contribution in [3.63, 3.8) is 0 Å². The van der Waals surface area contributed by atoms with E-state index in [2.05, 4.69) is 10.2 Å². The van der Waals surface area contributed by atoms with Gasteiger partial charge in [0.15, 0.2) is 0 Å². The first-order valence-corrected chi connectivity index (χ1v) is 7.20. The number of thioether (sulfide) groups is 1. The van der Waals surface area contributed by atoms with Gasteiger partial charge in [0.25, 0.3) is 0 Å². The van der Waals surface area contributed by atoms with E-state index in [-0.39, 0.29) is 6.42 Å². The maximum Gasteiger partial charge on any atom is 0.217 e. The average Bonchev–Trinajstić information content (AvgIpc) is 2.39. The Kier molecular flexibility index (Phi) is 6.81. The molecule has 0 radical (unpaired) electrons. The largest absolute Gasteiger partial charge is 0.394 e. The number of aliphatic hydroxyl groups is 5. The summed E-state index contributed by atoms with van der Waals surface area (Å²) in [6.07, 6.45) is -4.48. The molecule has 1 fully saturated rings. The fourth-order valence-electron chi connectivity index (χ4n) is 2.26. The molecule has 1 saturated heterocycles. The zero-order chi connectivity index (χ0) is 16.2. The van der Waals surface area contributed by atoms with Crippen LogP contribution in [0.4, 0.5) is 0 Å². The van der Waals surface area contributed by atoms with E-state index in [9.17, 15) is 25.2 Å². The number of carbonyl (C=O) groups excluding carboxylic acids is 1. The van der Waals surface area contributed by atoms with Crippen molar-refractivity contribution in [1.82, 2.24) is 5.32 Å². The van der Waals surface area contributed by atoms with Crippen LogP contribution >= 0.6 is 11.8 Å². The molecule has 10 heteroatoms. The van der Waals surface area contributed by atoms with Crippen molar-refractivity contribution in [2.75, 3.05) is 13.2 Å². The second-order valence-electron chi connectivity index (χ2n) is 5.04. The van der Waals surface area contributed by atoms with Gasteiger partial charge in [0, 0.05) is 13.3 Å². The van der Waals surface area contributed by atoms with Crippen LogP contribution in [0.1, 0.15) is 13.3 Å². The van der Waals surface area contributed by atoms with E-state index in [1.807, 2.05) is 0 Å². The predicted molar refractivity (Wildman–Crippen MR) is 72.2 cm³/mol. The standard InChI is InChI=1S/C11H21NO8S/c1-5(14)12-8-6(15)2-11(18,4-20-19)21-10(8)9(17)7(16)3-13/h6-10,13,15-19H,2-4H2,1H3,(H,12,14)/t6?,7-,8-,9-,10?,11-/m1/s1. The van der Waals surface area contributed by atoms with Crippen LogP contribution in [-0.4, -0.2) is 84.4 Å². The molecule has 1 aliphatic heterocycles. The predicted octanol–water partition coefficient (Wildman–Crippen LogP) is -2.75. The quantitative estimate of drug-likeness (QED) is 0.203. The third kappa shape index (κ3) is 4.76. The highest BCUT2D eigenvalue weighted by molar-refractivity contribution is 8.01. The summed E-state index contributed by atoms with van der Waals surface area (Å²) in [6.45, 7) is -0.0308. The Morgan fingerprint density at radius 3 is 2.62 bits per heavy atom. The van der Waals surface area contributed by atoms with Gasteiger partial charge < -0.3 is 30.8 Å². The molecule has 0 spiro atoms. The van der Waals surface area contributed by atoms with Crippen molar-refractivity contribution in [2.45, 2.75) is 47.9 Å². The van der Waals surface area contributed by atoms with Crippen LogP contribution in [-0.2, 0) is 9.68 Å². The Balaban J connectivity index is 2.98. The summed E-state index contributed by atoms with van der Waals surface area (Å²) < 4.78 is 0. The van der Waals surface area contributed by atoms with Crippen LogP contribution in [0.2, 0.25) is 0 Å². The van der Waals surface area contributed by atoms with Crippen molar-refractivity contribution < 1.29 is 40.5 Å². The minimum atomic E-state index is -1.70. The first-order chi connectivity index (χ1) is 9.74. The number of aliphatic hydroxyl groups excluding tert-OH is 4. The van der Waals surface area contributed by atoms with Gasteiger partial charge >= 0.3 is 0 Å². The molecule has 7 N–H and O–H groups in total. The Morgan fingerprint density at radius 2 is 2.14 bits per heavy atom. The Bertz CT molecular complexity index is 359. The smallest absolute Gasteiger partial charge is 0.217 e. The first-order valence-electron chi connectivity index (χ1n) is 6.33. The highest BCUT2D eigenvalue weighted by Crippen LogP contribution is 2.41. The molecule has 0 saturated carbocycles. The second kappa shape index (κ2) is 7.70. The van der Waals surface area contributed by atoms with E-state index in [1.165, 1.54) is 6.92 Å². The highest BCUT2D eigenvalue weighted by Gasteiger charge is 2.49. The number of carbonyl (C=O) groups is 1. The lowest BCUT2D eigenvalue weighted by Crippen LogP contribution is -2.62. The third-order valence-corrected chi connectivity index (χ3v) is 4.80. The molecule has 0 aromatic heterocycles.